The van der Waals surface area contributed by atoms with E-state index in [4.69, 9.17) is 0 Å². The van der Waals surface area contributed by atoms with Crippen LogP contribution in [-0.2, 0) is 12.8 Å². The minimum Gasteiger partial charge on any atom is -0.282 e. The average Bonchev–Trinajstić information content (AvgIpc) is 2.47. The molecule has 0 atom stereocenters. The van der Waals surface area contributed by atoms with Crippen molar-refractivity contribution in [1.29, 1.82) is 0 Å². The van der Waals surface area contributed by atoms with Gasteiger partial charge in [-0.3, -0.25) is 5.10 Å². The van der Waals surface area contributed by atoms with Crippen LogP contribution in [0.5, 0.6) is 0 Å². The third kappa shape index (κ3) is 2.26. The van der Waals surface area contributed by atoms with Crippen LogP contribution in [-0.4, -0.2) is 18.3 Å². The lowest BCUT2D eigenvalue weighted by molar-refractivity contribution is 0.854. The summed E-state index contributed by atoms with van der Waals surface area (Å²) in [6.07, 6.45) is 3.45. The van der Waals surface area contributed by atoms with Gasteiger partial charge in [-0.2, -0.15) is 5.10 Å². The van der Waals surface area contributed by atoms with Crippen LogP contribution in [0.1, 0.15) is 31.5 Å². The summed E-state index contributed by atoms with van der Waals surface area (Å²) in [7, 11) is -1.25. The summed E-state index contributed by atoms with van der Waals surface area (Å²) >= 11 is 0. The minimum atomic E-state index is -1.25. The number of aromatic nitrogens is 2. The van der Waals surface area contributed by atoms with Crippen molar-refractivity contribution in [1.82, 2.24) is 10.2 Å². The van der Waals surface area contributed by atoms with E-state index in [-0.39, 0.29) is 0 Å². The molecule has 0 radical (unpaired) electrons. The first kappa shape index (κ1) is 11.5. The number of hydrogen-bond donors (Lipinski definition) is 1. The van der Waals surface area contributed by atoms with Crippen molar-refractivity contribution in [3.05, 3.63) is 11.3 Å². The maximum atomic E-state index is 4.51. The van der Waals surface area contributed by atoms with Crippen molar-refractivity contribution >= 4 is 13.4 Å². The van der Waals surface area contributed by atoms with E-state index in [9.17, 15) is 0 Å². The van der Waals surface area contributed by atoms with Crippen molar-refractivity contribution < 1.29 is 0 Å². The Kier molecular flexibility index (Phi) is 3.53. The summed E-state index contributed by atoms with van der Waals surface area (Å²) < 4.78 is 0. The van der Waals surface area contributed by atoms with Gasteiger partial charge in [0, 0.05) is 11.0 Å². The lowest BCUT2D eigenvalue weighted by atomic mass is 10.1. The van der Waals surface area contributed by atoms with Crippen molar-refractivity contribution in [3.8, 4) is 0 Å². The van der Waals surface area contributed by atoms with Crippen molar-refractivity contribution in [2.75, 3.05) is 0 Å². The van der Waals surface area contributed by atoms with Gasteiger partial charge >= 0.3 is 0 Å². The van der Waals surface area contributed by atoms with Gasteiger partial charge in [0.1, 0.15) is 8.07 Å². The third-order valence-corrected chi connectivity index (χ3v) is 4.35. The molecule has 0 aliphatic heterocycles. The van der Waals surface area contributed by atoms with Gasteiger partial charge in [0.05, 0.1) is 0 Å². The highest BCUT2D eigenvalue weighted by molar-refractivity contribution is 6.88. The molecule has 1 rings (SSSR count). The molecule has 0 fully saturated rings. The molecule has 0 spiro atoms. The fourth-order valence-electron chi connectivity index (χ4n) is 1.86. The van der Waals surface area contributed by atoms with Crippen LogP contribution in [0, 0.1) is 0 Å². The Morgan fingerprint density at radius 2 is 1.86 bits per heavy atom. The van der Waals surface area contributed by atoms with E-state index >= 15 is 0 Å². The fraction of sp³-hybridized carbons (Fsp3) is 0.727. The molecule has 0 aliphatic rings. The molecular formula is C11H22N2Si. The predicted molar refractivity (Wildman–Crippen MR) is 64.9 cm³/mol. The van der Waals surface area contributed by atoms with Gasteiger partial charge in [-0.05, 0) is 18.4 Å². The number of aryl methyl sites for hydroxylation is 1. The van der Waals surface area contributed by atoms with Crippen molar-refractivity contribution in [3.63, 3.8) is 0 Å². The molecule has 0 unspecified atom stereocenters. The second kappa shape index (κ2) is 4.30. The zero-order chi connectivity index (χ0) is 10.8. The normalized spacial score (nSPS) is 12.1. The number of aromatic amines is 1. The topological polar surface area (TPSA) is 28.7 Å². The second-order valence-corrected chi connectivity index (χ2v) is 9.86. The maximum Gasteiger partial charge on any atom is 0.104 e. The van der Waals surface area contributed by atoms with Gasteiger partial charge in [0.15, 0.2) is 0 Å². The summed E-state index contributed by atoms with van der Waals surface area (Å²) in [4.78, 5) is 0. The Bertz CT molecular complexity index is 297. The fourth-order valence-corrected chi connectivity index (χ4v) is 3.48. The lowest BCUT2D eigenvalue weighted by Gasteiger charge is -2.14. The number of rotatable bonds is 4. The number of nitrogens with zero attached hydrogens (tertiary/aromatic N) is 1. The van der Waals surface area contributed by atoms with E-state index in [0.717, 1.165) is 12.8 Å². The number of nitrogens with one attached hydrogen (secondary N) is 1. The molecule has 14 heavy (non-hydrogen) atoms. The molecule has 0 aliphatic carbocycles. The van der Waals surface area contributed by atoms with Gasteiger partial charge in [0.2, 0.25) is 0 Å². The second-order valence-electron chi connectivity index (χ2n) is 4.88. The van der Waals surface area contributed by atoms with E-state index in [0.29, 0.717) is 0 Å². The highest BCUT2D eigenvalue weighted by Gasteiger charge is 2.24. The molecule has 80 valence electrons. The highest BCUT2D eigenvalue weighted by atomic mass is 28.3. The van der Waals surface area contributed by atoms with Gasteiger partial charge in [0.25, 0.3) is 0 Å². The molecule has 3 heteroatoms. The van der Waals surface area contributed by atoms with Crippen molar-refractivity contribution in [2.45, 2.75) is 52.8 Å². The molecule has 0 saturated heterocycles. The summed E-state index contributed by atoms with van der Waals surface area (Å²) in [5.74, 6) is 0. The number of H-pyrrole nitrogens is 1. The van der Waals surface area contributed by atoms with Crippen LogP contribution in [0.25, 0.3) is 0 Å². The minimum absolute atomic E-state index is 1.12. The van der Waals surface area contributed by atoms with Crippen LogP contribution in [0.15, 0.2) is 0 Å². The molecular weight excluding hydrogens is 188 g/mol. The van der Waals surface area contributed by atoms with Crippen molar-refractivity contribution in [2.24, 2.45) is 0 Å². The van der Waals surface area contributed by atoms with E-state index in [1.807, 2.05) is 0 Å². The Balaban J connectivity index is 3.07. The standard InChI is InChI=1S/C11H22N2Si/c1-6-8-10-9(7-2)11(13-12-10)14(3,4)5/h6-8H2,1-5H3,(H,12,13). The van der Waals surface area contributed by atoms with Crippen LogP contribution < -0.4 is 5.32 Å². The summed E-state index contributed by atoms with van der Waals surface area (Å²) in [5.41, 5.74) is 2.86. The van der Waals surface area contributed by atoms with Gasteiger partial charge in [-0.25, -0.2) is 0 Å². The molecule has 2 nitrogen and oxygen atoms in total. The van der Waals surface area contributed by atoms with Crippen LogP contribution in [0.2, 0.25) is 19.6 Å². The smallest absolute Gasteiger partial charge is 0.104 e. The molecule has 0 bridgehead atoms. The molecule has 0 saturated carbocycles. The maximum absolute atomic E-state index is 4.51. The molecule has 1 N–H and O–H groups in total. The molecule has 1 aromatic heterocycles. The predicted octanol–water partition coefficient (Wildman–Crippen LogP) is 2.47. The largest absolute Gasteiger partial charge is 0.282 e. The van der Waals surface area contributed by atoms with Crippen LogP contribution in [0.3, 0.4) is 0 Å². The first-order valence-electron chi connectivity index (χ1n) is 5.57. The van der Waals surface area contributed by atoms with Gasteiger partial charge in [-0.1, -0.05) is 39.9 Å². The molecule has 0 aromatic carbocycles. The van der Waals surface area contributed by atoms with E-state index in [1.54, 1.807) is 0 Å². The molecule has 1 aromatic rings. The summed E-state index contributed by atoms with van der Waals surface area (Å²) in [6.45, 7) is 11.5. The zero-order valence-corrected chi connectivity index (χ0v) is 11.1. The molecule has 1 heterocycles. The average molecular weight is 210 g/mol. The Morgan fingerprint density at radius 3 is 2.29 bits per heavy atom. The lowest BCUT2D eigenvalue weighted by Crippen LogP contribution is -2.41. The first-order chi connectivity index (χ1) is 6.50. The van der Waals surface area contributed by atoms with Crippen LogP contribution in [0.4, 0.5) is 0 Å². The monoisotopic (exact) mass is 210 g/mol. The Hall–Kier alpha value is -0.573. The summed E-state index contributed by atoms with van der Waals surface area (Å²) in [6, 6.07) is 0. The zero-order valence-electron chi connectivity index (χ0n) is 10.1. The van der Waals surface area contributed by atoms with E-state index in [2.05, 4.69) is 43.7 Å². The Labute approximate surface area is 88.1 Å². The van der Waals surface area contributed by atoms with Gasteiger partial charge < -0.3 is 0 Å². The van der Waals surface area contributed by atoms with E-state index in [1.165, 1.54) is 23.0 Å². The highest BCUT2D eigenvalue weighted by Crippen LogP contribution is 2.11. The van der Waals surface area contributed by atoms with E-state index < -0.39 is 8.07 Å². The van der Waals surface area contributed by atoms with Gasteiger partial charge in [-0.15, -0.1) is 0 Å². The summed E-state index contributed by atoms with van der Waals surface area (Å²) in [5, 5.41) is 9.11. The molecule has 0 amide bonds. The quantitative estimate of drug-likeness (QED) is 0.760. The SMILES string of the molecule is CCCc1[nH]nc([Si](C)(C)C)c1CC. The number of hydrogen-bond acceptors (Lipinski definition) is 1. The first-order valence-corrected chi connectivity index (χ1v) is 9.07. The Morgan fingerprint density at radius 1 is 1.21 bits per heavy atom. The third-order valence-electron chi connectivity index (χ3n) is 2.52. The van der Waals surface area contributed by atoms with Crippen LogP contribution >= 0.6 is 0 Å².